The van der Waals surface area contributed by atoms with Crippen molar-refractivity contribution in [3.8, 4) is 0 Å². The number of carbonyl (C=O) groups is 2. The highest BCUT2D eigenvalue weighted by Gasteiger charge is 2.16. The van der Waals surface area contributed by atoms with Crippen LogP contribution in [0.4, 0.5) is 11.4 Å². The van der Waals surface area contributed by atoms with Crippen LogP contribution in [-0.4, -0.2) is 18.4 Å². The summed E-state index contributed by atoms with van der Waals surface area (Å²) < 4.78 is 0. The largest absolute Gasteiger partial charge is 0.324 e. The van der Waals surface area contributed by atoms with Crippen LogP contribution < -0.4 is 10.2 Å². The molecule has 0 atom stereocenters. The monoisotopic (exact) mass is 336 g/mol. The van der Waals surface area contributed by atoms with Gasteiger partial charge in [-0.2, -0.15) is 0 Å². The second-order valence-electron chi connectivity index (χ2n) is 4.64. The highest BCUT2D eigenvalue weighted by molar-refractivity contribution is 6.31. The number of nitrogens with zero attached hydrogens (tertiary/aromatic N) is 1. The Morgan fingerprint density at radius 2 is 1.68 bits per heavy atom. The number of rotatable bonds is 4. The summed E-state index contributed by atoms with van der Waals surface area (Å²) in [6, 6.07) is 13.6. The van der Waals surface area contributed by atoms with Crippen LogP contribution >= 0.6 is 23.2 Å². The molecule has 2 amide bonds. The Labute approximate surface area is 138 Å². The molecule has 0 bridgehead atoms. The second kappa shape index (κ2) is 7.29. The number of amides is 2. The molecule has 0 unspecified atom stereocenters. The number of halogens is 2. The fourth-order valence-electron chi connectivity index (χ4n) is 1.94. The number of nitrogens with one attached hydrogen (secondary N) is 1. The van der Waals surface area contributed by atoms with Crippen LogP contribution in [0.15, 0.2) is 48.5 Å². The van der Waals surface area contributed by atoms with Crippen molar-refractivity contribution in [1.29, 1.82) is 0 Å². The van der Waals surface area contributed by atoms with E-state index >= 15 is 0 Å². The van der Waals surface area contributed by atoms with Crippen molar-refractivity contribution in [2.45, 2.75) is 6.92 Å². The number of anilines is 2. The lowest BCUT2D eigenvalue weighted by molar-refractivity contribution is -0.120. The molecule has 0 spiro atoms. The topological polar surface area (TPSA) is 49.4 Å². The first-order valence-corrected chi connectivity index (χ1v) is 7.30. The molecule has 0 saturated heterocycles. The van der Waals surface area contributed by atoms with E-state index in [4.69, 9.17) is 23.2 Å². The van der Waals surface area contributed by atoms with E-state index in [2.05, 4.69) is 5.32 Å². The highest BCUT2D eigenvalue weighted by Crippen LogP contribution is 2.20. The van der Waals surface area contributed by atoms with Gasteiger partial charge < -0.3 is 10.2 Å². The zero-order chi connectivity index (χ0) is 16.1. The fraction of sp³-hybridized carbons (Fsp3) is 0.125. The van der Waals surface area contributed by atoms with Gasteiger partial charge in [-0.05, 0) is 36.4 Å². The molecule has 0 aliphatic rings. The third-order valence-electron chi connectivity index (χ3n) is 2.91. The van der Waals surface area contributed by atoms with Gasteiger partial charge in [0.25, 0.3) is 0 Å². The van der Waals surface area contributed by atoms with Crippen molar-refractivity contribution in [2.24, 2.45) is 0 Å². The number of hydrogen-bond donors (Lipinski definition) is 1. The van der Waals surface area contributed by atoms with Gasteiger partial charge in [0.1, 0.15) is 6.54 Å². The summed E-state index contributed by atoms with van der Waals surface area (Å²) in [5, 5.41) is 3.73. The molecule has 0 heterocycles. The number of carbonyl (C=O) groups excluding carboxylic acids is 2. The molecule has 22 heavy (non-hydrogen) atoms. The molecule has 1 N–H and O–H groups in total. The molecule has 4 nitrogen and oxygen atoms in total. The number of benzene rings is 2. The molecule has 2 aromatic rings. The summed E-state index contributed by atoms with van der Waals surface area (Å²) in [4.78, 5) is 25.2. The maximum absolute atomic E-state index is 12.1. The second-order valence-corrected chi connectivity index (χ2v) is 5.52. The zero-order valence-corrected chi connectivity index (χ0v) is 13.4. The van der Waals surface area contributed by atoms with E-state index in [0.717, 1.165) is 0 Å². The van der Waals surface area contributed by atoms with E-state index in [1.165, 1.54) is 11.8 Å². The SMILES string of the molecule is CC(=O)N(CC(=O)Nc1cccc(Cl)c1)c1cccc(Cl)c1. The highest BCUT2D eigenvalue weighted by atomic mass is 35.5. The molecular formula is C16H14Cl2N2O2. The molecule has 0 aromatic heterocycles. The minimum absolute atomic E-state index is 0.109. The van der Waals surface area contributed by atoms with Gasteiger partial charge in [-0.3, -0.25) is 9.59 Å². The molecule has 2 rings (SSSR count). The van der Waals surface area contributed by atoms with Crippen LogP contribution in [0.3, 0.4) is 0 Å². The molecule has 6 heteroatoms. The molecule has 0 aliphatic heterocycles. The zero-order valence-electron chi connectivity index (χ0n) is 11.8. The first-order valence-electron chi connectivity index (χ1n) is 6.55. The molecular weight excluding hydrogens is 323 g/mol. The standard InChI is InChI=1S/C16H14Cl2N2O2/c1-11(21)20(15-7-3-5-13(18)9-15)10-16(22)19-14-6-2-4-12(17)8-14/h2-9H,10H2,1H3,(H,19,22). The predicted molar refractivity (Wildman–Crippen MR) is 89.6 cm³/mol. The Balaban J connectivity index is 2.11. The summed E-state index contributed by atoms with van der Waals surface area (Å²) in [6.45, 7) is 1.29. The Morgan fingerprint density at radius 1 is 1.05 bits per heavy atom. The third kappa shape index (κ3) is 4.48. The normalized spacial score (nSPS) is 10.1. The molecule has 0 radical (unpaired) electrons. The van der Waals surface area contributed by atoms with E-state index < -0.39 is 0 Å². The van der Waals surface area contributed by atoms with Crippen LogP contribution in [0.2, 0.25) is 10.0 Å². The van der Waals surface area contributed by atoms with E-state index in [9.17, 15) is 9.59 Å². The Hall–Kier alpha value is -2.04. The van der Waals surface area contributed by atoms with Crippen molar-refractivity contribution >= 4 is 46.4 Å². The van der Waals surface area contributed by atoms with Gasteiger partial charge in [-0.25, -0.2) is 0 Å². The first kappa shape index (κ1) is 16.3. The van der Waals surface area contributed by atoms with E-state index in [0.29, 0.717) is 21.4 Å². The molecule has 114 valence electrons. The van der Waals surface area contributed by atoms with Crippen molar-refractivity contribution in [3.05, 3.63) is 58.6 Å². The maximum Gasteiger partial charge on any atom is 0.244 e. The van der Waals surface area contributed by atoms with Gasteiger partial charge in [0.05, 0.1) is 0 Å². The van der Waals surface area contributed by atoms with Gasteiger partial charge in [-0.1, -0.05) is 35.3 Å². The van der Waals surface area contributed by atoms with Crippen LogP contribution in [-0.2, 0) is 9.59 Å². The third-order valence-corrected chi connectivity index (χ3v) is 3.38. The molecule has 0 aliphatic carbocycles. The van der Waals surface area contributed by atoms with E-state index in [1.807, 2.05) is 0 Å². The fourth-order valence-corrected chi connectivity index (χ4v) is 2.31. The lowest BCUT2D eigenvalue weighted by atomic mass is 10.2. The summed E-state index contributed by atoms with van der Waals surface area (Å²) >= 11 is 11.8. The van der Waals surface area contributed by atoms with E-state index in [1.54, 1.807) is 48.5 Å². The summed E-state index contributed by atoms with van der Waals surface area (Å²) in [7, 11) is 0. The summed E-state index contributed by atoms with van der Waals surface area (Å²) in [5.74, 6) is -0.569. The Morgan fingerprint density at radius 3 is 2.27 bits per heavy atom. The number of hydrogen-bond acceptors (Lipinski definition) is 2. The van der Waals surface area contributed by atoms with Gasteiger partial charge in [0.2, 0.25) is 11.8 Å². The minimum atomic E-state index is -0.322. The first-order chi connectivity index (χ1) is 10.5. The van der Waals surface area contributed by atoms with E-state index in [-0.39, 0.29) is 18.4 Å². The smallest absolute Gasteiger partial charge is 0.244 e. The quantitative estimate of drug-likeness (QED) is 0.917. The van der Waals surface area contributed by atoms with Crippen LogP contribution in [0, 0.1) is 0 Å². The van der Waals surface area contributed by atoms with Gasteiger partial charge in [0, 0.05) is 28.3 Å². The van der Waals surface area contributed by atoms with Crippen LogP contribution in [0.5, 0.6) is 0 Å². The Bertz CT molecular complexity index is 704. The van der Waals surface area contributed by atoms with Crippen LogP contribution in [0.1, 0.15) is 6.92 Å². The minimum Gasteiger partial charge on any atom is -0.324 e. The van der Waals surface area contributed by atoms with Crippen molar-refractivity contribution < 1.29 is 9.59 Å². The Kier molecular flexibility index (Phi) is 5.41. The predicted octanol–water partition coefficient (Wildman–Crippen LogP) is 3.99. The molecule has 0 saturated carbocycles. The van der Waals surface area contributed by atoms with Gasteiger partial charge >= 0.3 is 0 Å². The van der Waals surface area contributed by atoms with Crippen molar-refractivity contribution in [2.75, 3.05) is 16.8 Å². The average Bonchev–Trinajstić information content (AvgIpc) is 2.44. The van der Waals surface area contributed by atoms with Crippen LogP contribution in [0.25, 0.3) is 0 Å². The van der Waals surface area contributed by atoms with Crippen molar-refractivity contribution in [3.63, 3.8) is 0 Å². The summed E-state index contributed by atoms with van der Waals surface area (Å²) in [6.07, 6.45) is 0. The van der Waals surface area contributed by atoms with Crippen molar-refractivity contribution in [1.82, 2.24) is 0 Å². The lowest BCUT2D eigenvalue weighted by Crippen LogP contribution is -2.36. The van der Waals surface area contributed by atoms with Gasteiger partial charge in [0.15, 0.2) is 0 Å². The maximum atomic E-state index is 12.1. The van der Waals surface area contributed by atoms with Gasteiger partial charge in [-0.15, -0.1) is 0 Å². The summed E-state index contributed by atoms with van der Waals surface area (Å²) in [5.41, 5.74) is 1.15. The molecule has 0 fully saturated rings. The lowest BCUT2D eigenvalue weighted by Gasteiger charge is -2.21. The molecule has 2 aromatic carbocycles. The average molecular weight is 337 g/mol.